The molecule has 6 atom stereocenters. The van der Waals surface area contributed by atoms with Gasteiger partial charge in [0.05, 0.1) is 11.1 Å². The van der Waals surface area contributed by atoms with Gasteiger partial charge >= 0.3 is 0 Å². The second-order valence-electron chi connectivity index (χ2n) is 8.68. The van der Waals surface area contributed by atoms with Crippen LogP contribution in [0.3, 0.4) is 0 Å². The molecule has 2 saturated carbocycles. The summed E-state index contributed by atoms with van der Waals surface area (Å²) >= 11 is 8.31. The molecule has 7 heteroatoms. The highest BCUT2D eigenvalue weighted by atomic mass is 35.5. The number of nitrogens with two attached hydrogens (primary N) is 1. The van der Waals surface area contributed by atoms with Crippen molar-refractivity contribution in [1.29, 1.82) is 0 Å². The maximum absolute atomic E-state index is 13.6. The Morgan fingerprint density at radius 1 is 1.30 bits per heavy atom. The van der Waals surface area contributed by atoms with Crippen molar-refractivity contribution in [3.63, 3.8) is 0 Å². The van der Waals surface area contributed by atoms with E-state index in [1.807, 2.05) is 30.0 Å². The number of benzene rings is 1. The minimum Gasteiger partial charge on any atom is -0.378 e. The maximum Gasteiger partial charge on any atom is 0.189 e. The van der Waals surface area contributed by atoms with Crippen LogP contribution < -0.4 is 11.1 Å². The minimum absolute atomic E-state index is 0.253. The summed E-state index contributed by atoms with van der Waals surface area (Å²) in [7, 11) is 0. The molecule has 0 aliphatic heterocycles. The van der Waals surface area contributed by atoms with E-state index in [0.29, 0.717) is 39.6 Å². The number of halogens is 4. The monoisotopic (exact) mass is 454 g/mol. The summed E-state index contributed by atoms with van der Waals surface area (Å²) in [6, 6.07) is 4.93. The quantitative estimate of drug-likeness (QED) is 0.523. The molecule has 2 nitrogen and oxygen atoms in total. The smallest absolute Gasteiger partial charge is 0.189 e. The average molecular weight is 455 g/mol. The number of hydrogen-bond acceptors (Lipinski definition) is 3. The Morgan fingerprint density at radius 3 is 2.77 bits per heavy atom. The van der Waals surface area contributed by atoms with Crippen LogP contribution in [0.4, 0.5) is 13.2 Å². The molecule has 162 valence electrons. The van der Waals surface area contributed by atoms with Crippen molar-refractivity contribution < 1.29 is 13.2 Å². The number of thioether (sulfide) groups is 1. The molecule has 4 rings (SSSR count). The molecule has 30 heavy (non-hydrogen) atoms. The zero-order valence-corrected chi connectivity index (χ0v) is 18.4. The fourth-order valence-corrected chi connectivity index (χ4v) is 7.38. The van der Waals surface area contributed by atoms with Gasteiger partial charge in [0.1, 0.15) is 5.83 Å². The van der Waals surface area contributed by atoms with E-state index in [-0.39, 0.29) is 6.42 Å². The summed E-state index contributed by atoms with van der Waals surface area (Å²) in [6.45, 7) is 7.05. The van der Waals surface area contributed by atoms with E-state index in [1.54, 1.807) is 0 Å². The molecular formula is C23H26ClF3N2S. The van der Waals surface area contributed by atoms with Crippen LogP contribution in [0.1, 0.15) is 31.7 Å². The highest BCUT2D eigenvalue weighted by Crippen LogP contribution is 2.58. The third kappa shape index (κ3) is 4.06. The van der Waals surface area contributed by atoms with Crippen molar-refractivity contribution in [1.82, 2.24) is 5.32 Å². The first kappa shape index (κ1) is 21.8. The van der Waals surface area contributed by atoms with Crippen molar-refractivity contribution in [2.45, 2.75) is 42.4 Å². The number of hydrogen-bond donors (Lipinski definition) is 2. The summed E-state index contributed by atoms with van der Waals surface area (Å²) in [6.07, 6.45) is 3.21. The van der Waals surface area contributed by atoms with Gasteiger partial charge in [-0.3, -0.25) is 0 Å². The lowest BCUT2D eigenvalue weighted by Crippen LogP contribution is -2.27. The number of nitrogens with one attached hydrogen (secondary N) is 1. The predicted molar refractivity (Wildman–Crippen MR) is 118 cm³/mol. The van der Waals surface area contributed by atoms with Crippen LogP contribution in [-0.2, 0) is 0 Å². The first-order valence-electron chi connectivity index (χ1n) is 10.3. The number of rotatable bonds is 6. The van der Waals surface area contributed by atoms with Crippen LogP contribution in [0.2, 0.25) is 5.02 Å². The average Bonchev–Trinajstić information content (AvgIpc) is 3.19. The molecule has 2 bridgehead atoms. The highest BCUT2D eigenvalue weighted by molar-refractivity contribution is 8.00. The Balaban J connectivity index is 1.48. The molecule has 0 spiro atoms. The third-order valence-electron chi connectivity index (χ3n) is 6.72. The van der Waals surface area contributed by atoms with Gasteiger partial charge in [-0.05, 0) is 66.8 Å². The third-order valence-corrected chi connectivity index (χ3v) is 8.73. The standard InChI is InChI=1S/C23H26ClF3N2S/c1-11-5-14-6-15(10-28)21(11)23(14)30-20-7-13(3-4-17(20)24)12(2)29-16-8-18(25)22(27)19(26)9-16/h3-4,7-8,11,14-16,21,23,29H,2,5-6,9-10,28H2,1H3. The first-order valence-corrected chi connectivity index (χ1v) is 11.6. The molecule has 0 amide bonds. The minimum atomic E-state index is -1.42. The molecule has 2 fully saturated rings. The Hall–Kier alpha value is -1.37. The SMILES string of the molecule is C=C(NC1C=C(F)C(F)=C(F)C1)c1ccc(Cl)c(SC2C3CC(C)C2C(CN)C3)c1. The van der Waals surface area contributed by atoms with E-state index in [9.17, 15) is 13.2 Å². The fourth-order valence-electron chi connectivity index (χ4n) is 5.39. The molecule has 0 heterocycles. The van der Waals surface area contributed by atoms with Crippen molar-refractivity contribution in [2.24, 2.45) is 29.4 Å². The van der Waals surface area contributed by atoms with E-state index in [4.69, 9.17) is 17.3 Å². The van der Waals surface area contributed by atoms with Gasteiger partial charge in [-0.1, -0.05) is 31.2 Å². The van der Waals surface area contributed by atoms with Gasteiger partial charge in [-0.2, -0.15) is 0 Å². The normalized spacial score (nSPS) is 33.1. The second kappa shape index (κ2) is 8.64. The van der Waals surface area contributed by atoms with Crippen LogP contribution in [0.25, 0.3) is 5.70 Å². The van der Waals surface area contributed by atoms with Crippen molar-refractivity contribution in [2.75, 3.05) is 6.54 Å². The van der Waals surface area contributed by atoms with Crippen molar-refractivity contribution >= 4 is 29.1 Å². The molecule has 1 aromatic carbocycles. The maximum atomic E-state index is 13.6. The molecule has 3 aliphatic rings. The van der Waals surface area contributed by atoms with E-state index < -0.39 is 23.5 Å². The first-order chi connectivity index (χ1) is 14.3. The summed E-state index contributed by atoms with van der Waals surface area (Å²) in [4.78, 5) is 0.978. The van der Waals surface area contributed by atoms with Crippen molar-refractivity contribution in [3.05, 3.63) is 58.9 Å². The second-order valence-corrected chi connectivity index (χ2v) is 10.3. The van der Waals surface area contributed by atoms with Crippen LogP contribution in [0.5, 0.6) is 0 Å². The summed E-state index contributed by atoms with van der Waals surface area (Å²) in [5.41, 5.74) is 7.31. The van der Waals surface area contributed by atoms with Crippen LogP contribution >= 0.6 is 23.4 Å². The lowest BCUT2D eigenvalue weighted by atomic mass is 9.82. The van der Waals surface area contributed by atoms with Gasteiger partial charge in [0, 0.05) is 22.3 Å². The molecule has 0 radical (unpaired) electrons. The van der Waals surface area contributed by atoms with E-state index in [1.165, 1.54) is 12.8 Å². The van der Waals surface area contributed by atoms with E-state index in [0.717, 1.165) is 23.1 Å². The van der Waals surface area contributed by atoms with E-state index in [2.05, 4.69) is 18.8 Å². The summed E-state index contributed by atoms with van der Waals surface area (Å²) < 4.78 is 40.3. The van der Waals surface area contributed by atoms with Gasteiger partial charge in [-0.15, -0.1) is 11.8 Å². The molecular weight excluding hydrogens is 429 g/mol. The Labute approximate surface area is 184 Å². The zero-order valence-electron chi connectivity index (χ0n) is 16.8. The molecule has 1 aromatic rings. The largest absolute Gasteiger partial charge is 0.378 e. The van der Waals surface area contributed by atoms with Crippen LogP contribution in [-0.4, -0.2) is 17.8 Å². The number of fused-ring (bicyclic) bond motifs is 2. The lowest BCUT2D eigenvalue weighted by Gasteiger charge is -2.26. The van der Waals surface area contributed by atoms with Gasteiger partial charge in [0.25, 0.3) is 0 Å². The summed E-state index contributed by atoms with van der Waals surface area (Å²) in [5, 5.41) is 4.17. The van der Waals surface area contributed by atoms with Crippen molar-refractivity contribution in [3.8, 4) is 0 Å². The van der Waals surface area contributed by atoms with Gasteiger partial charge in [-0.25, -0.2) is 13.2 Å². The lowest BCUT2D eigenvalue weighted by molar-refractivity contribution is 0.261. The zero-order chi connectivity index (χ0) is 21.6. The Kier molecular flexibility index (Phi) is 6.29. The Bertz CT molecular complexity index is 916. The molecule has 0 aromatic heterocycles. The molecule has 3 N–H and O–H groups in total. The van der Waals surface area contributed by atoms with Gasteiger partial charge < -0.3 is 11.1 Å². The predicted octanol–water partition coefficient (Wildman–Crippen LogP) is 6.39. The van der Waals surface area contributed by atoms with Crippen LogP contribution in [0.15, 0.2) is 53.2 Å². The fraction of sp³-hybridized carbons (Fsp3) is 0.478. The van der Waals surface area contributed by atoms with Gasteiger partial charge in [0.15, 0.2) is 11.7 Å². The highest BCUT2D eigenvalue weighted by Gasteiger charge is 2.51. The Morgan fingerprint density at radius 2 is 2.07 bits per heavy atom. The van der Waals surface area contributed by atoms with E-state index >= 15 is 0 Å². The molecule has 3 aliphatic carbocycles. The number of allylic oxidation sites excluding steroid dienone is 2. The molecule has 0 saturated heterocycles. The van der Waals surface area contributed by atoms with Crippen LogP contribution in [0, 0.1) is 23.7 Å². The topological polar surface area (TPSA) is 38.0 Å². The summed E-state index contributed by atoms with van der Waals surface area (Å²) in [5.74, 6) is -1.18. The van der Waals surface area contributed by atoms with Gasteiger partial charge in [0.2, 0.25) is 0 Å². The molecule has 6 unspecified atom stereocenters.